The molecule has 39 heavy (non-hydrogen) atoms. The summed E-state index contributed by atoms with van der Waals surface area (Å²) >= 11 is 18.9. The quantitative estimate of drug-likeness (QED) is 0.171. The standard InChI is InChI=1S/C27H35Cl3O6S.2H2S/c1-17(2)37(32,33)16-18(3)14-34-22-9-7-20(8-10-22)27(5,6)21-11-24(29)26(25(30)12-21)35-15-23(13-28)36-19(4)31;;/h7-12,17-18,23H,13-16H2,1-6H3;2*1H2/t18-,23+;;/m0../s1. The molecule has 0 heterocycles. The molecule has 0 aliphatic heterocycles. The van der Waals surface area contributed by atoms with E-state index in [1.165, 1.54) is 6.92 Å². The number of carbonyl (C=O) groups is 1. The Kier molecular flexibility index (Phi) is 16.1. The summed E-state index contributed by atoms with van der Waals surface area (Å²) in [5.41, 5.74) is 1.44. The van der Waals surface area contributed by atoms with Gasteiger partial charge in [-0.1, -0.05) is 56.1 Å². The molecule has 0 bridgehead atoms. The van der Waals surface area contributed by atoms with Gasteiger partial charge in [-0.2, -0.15) is 27.0 Å². The lowest BCUT2D eigenvalue weighted by molar-refractivity contribution is -0.146. The molecule has 6 nitrogen and oxygen atoms in total. The van der Waals surface area contributed by atoms with E-state index < -0.39 is 32.6 Å². The number of carbonyl (C=O) groups excluding carboxylic acids is 1. The van der Waals surface area contributed by atoms with E-state index in [9.17, 15) is 13.2 Å². The van der Waals surface area contributed by atoms with Gasteiger partial charge in [-0.25, -0.2) is 8.42 Å². The Morgan fingerprint density at radius 1 is 0.923 bits per heavy atom. The number of alkyl halides is 1. The monoisotopic (exact) mass is 660 g/mol. The summed E-state index contributed by atoms with van der Waals surface area (Å²) in [6.07, 6.45) is -0.620. The maximum absolute atomic E-state index is 12.1. The maximum Gasteiger partial charge on any atom is 0.303 e. The highest BCUT2D eigenvalue weighted by Crippen LogP contribution is 2.40. The molecule has 0 spiro atoms. The average molecular weight is 662 g/mol. The lowest BCUT2D eigenvalue weighted by atomic mass is 9.78. The van der Waals surface area contributed by atoms with Gasteiger partial charge in [-0.15, -0.1) is 11.6 Å². The minimum absolute atomic E-state index is 0. The second-order valence-corrected chi connectivity index (χ2v) is 13.6. The zero-order chi connectivity index (χ0) is 28.0. The van der Waals surface area contributed by atoms with Crippen molar-refractivity contribution >= 4 is 77.6 Å². The number of hydrogen-bond donors (Lipinski definition) is 0. The zero-order valence-corrected chi connectivity index (χ0v) is 28.1. The average Bonchev–Trinajstić information content (AvgIpc) is 2.80. The Balaban J connectivity index is 0.00000722. The molecular weight excluding hydrogens is 623 g/mol. The Hall–Kier alpha value is -0.970. The van der Waals surface area contributed by atoms with E-state index in [0.717, 1.165) is 11.1 Å². The van der Waals surface area contributed by atoms with E-state index in [-0.39, 0.29) is 51.1 Å². The van der Waals surface area contributed by atoms with Crippen LogP contribution in [0.15, 0.2) is 36.4 Å². The van der Waals surface area contributed by atoms with Crippen molar-refractivity contribution in [2.24, 2.45) is 5.92 Å². The Bertz CT molecular complexity index is 1150. The van der Waals surface area contributed by atoms with Gasteiger partial charge in [-0.3, -0.25) is 4.79 Å². The Labute approximate surface area is 261 Å². The van der Waals surface area contributed by atoms with Crippen molar-refractivity contribution in [3.05, 3.63) is 57.6 Å². The van der Waals surface area contributed by atoms with Crippen LogP contribution < -0.4 is 9.47 Å². The van der Waals surface area contributed by atoms with Crippen molar-refractivity contribution < 1.29 is 27.4 Å². The minimum Gasteiger partial charge on any atom is -0.493 e. The number of sulfone groups is 1. The number of halogens is 3. The van der Waals surface area contributed by atoms with Crippen LogP contribution in [0.25, 0.3) is 0 Å². The minimum atomic E-state index is -3.12. The van der Waals surface area contributed by atoms with E-state index in [1.807, 2.05) is 31.2 Å². The van der Waals surface area contributed by atoms with E-state index in [4.69, 9.17) is 49.0 Å². The molecule has 2 rings (SSSR count). The van der Waals surface area contributed by atoms with E-state index in [2.05, 4.69) is 13.8 Å². The molecule has 0 N–H and O–H groups in total. The third-order valence-electron chi connectivity index (χ3n) is 5.98. The van der Waals surface area contributed by atoms with Gasteiger partial charge >= 0.3 is 5.97 Å². The molecule has 0 aliphatic carbocycles. The predicted molar refractivity (Wildman–Crippen MR) is 171 cm³/mol. The summed E-state index contributed by atoms with van der Waals surface area (Å²) in [7, 11) is -3.12. The molecule has 0 saturated carbocycles. The van der Waals surface area contributed by atoms with Crippen LogP contribution in [0, 0.1) is 5.92 Å². The second-order valence-electron chi connectivity index (χ2n) is 9.91. The molecule has 0 unspecified atom stereocenters. The summed E-state index contributed by atoms with van der Waals surface area (Å²) in [4.78, 5) is 11.2. The lowest BCUT2D eigenvalue weighted by Crippen LogP contribution is -2.26. The third-order valence-corrected chi connectivity index (χ3v) is 9.36. The molecule has 2 atom stereocenters. The summed E-state index contributed by atoms with van der Waals surface area (Å²) in [6, 6.07) is 11.2. The molecule has 12 heteroatoms. The zero-order valence-electron chi connectivity index (χ0n) is 23.0. The summed E-state index contributed by atoms with van der Waals surface area (Å²) in [5.74, 6) is 0.552. The molecule has 0 saturated heterocycles. The molecular formula is C27H39Cl3O6S3. The van der Waals surface area contributed by atoms with E-state index in [1.54, 1.807) is 26.0 Å². The molecule has 0 fully saturated rings. The molecule has 2 aromatic carbocycles. The van der Waals surface area contributed by atoms with Crippen molar-refractivity contribution in [2.75, 3.05) is 24.8 Å². The highest BCUT2D eigenvalue weighted by Gasteiger charge is 2.26. The van der Waals surface area contributed by atoms with Crippen molar-refractivity contribution in [1.29, 1.82) is 0 Å². The van der Waals surface area contributed by atoms with E-state index in [0.29, 0.717) is 28.2 Å². The first-order valence-corrected chi connectivity index (χ1v) is 15.0. The van der Waals surface area contributed by atoms with E-state index >= 15 is 0 Å². The van der Waals surface area contributed by atoms with Gasteiger partial charge in [0.15, 0.2) is 15.6 Å². The van der Waals surface area contributed by atoms with Crippen LogP contribution in [-0.2, 0) is 24.8 Å². The Morgan fingerprint density at radius 2 is 1.46 bits per heavy atom. The lowest BCUT2D eigenvalue weighted by Gasteiger charge is -2.27. The Morgan fingerprint density at radius 3 is 1.92 bits per heavy atom. The van der Waals surface area contributed by atoms with Crippen molar-refractivity contribution in [2.45, 2.75) is 58.3 Å². The third kappa shape index (κ3) is 11.1. The normalized spacial score (nSPS) is 13.1. The number of ether oxygens (including phenoxy) is 3. The first kappa shape index (κ1) is 38.0. The number of rotatable bonds is 13. The van der Waals surface area contributed by atoms with Crippen LogP contribution in [0.1, 0.15) is 52.7 Å². The number of benzene rings is 2. The molecule has 0 aliphatic rings. The predicted octanol–water partition coefficient (Wildman–Crippen LogP) is 6.93. The fourth-order valence-corrected chi connectivity index (χ4v) is 5.61. The smallest absolute Gasteiger partial charge is 0.303 e. The van der Waals surface area contributed by atoms with Crippen LogP contribution >= 0.6 is 61.8 Å². The van der Waals surface area contributed by atoms with Crippen molar-refractivity contribution in [3.63, 3.8) is 0 Å². The van der Waals surface area contributed by atoms with Gasteiger partial charge < -0.3 is 14.2 Å². The van der Waals surface area contributed by atoms with Crippen molar-refractivity contribution in [1.82, 2.24) is 0 Å². The molecule has 0 amide bonds. The maximum atomic E-state index is 12.1. The van der Waals surface area contributed by atoms with Crippen LogP contribution in [-0.4, -0.2) is 50.6 Å². The van der Waals surface area contributed by atoms with Gasteiger partial charge in [0, 0.05) is 18.3 Å². The van der Waals surface area contributed by atoms with Crippen LogP contribution in [0.3, 0.4) is 0 Å². The summed E-state index contributed by atoms with van der Waals surface area (Å²) in [6.45, 7) is 11.0. The summed E-state index contributed by atoms with van der Waals surface area (Å²) in [5, 5.41) is 0.261. The van der Waals surface area contributed by atoms with Gasteiger partial charge in [-0.05, 0) is 49.2 Å². The molecule has 222 valence electrons. The van der Waals surface area contributed by atoms with Crippen molar-refractivity contribution in [3.8, 4) is 11.5 Å². The molecule has 0 aromatic heterocycles. The van der Waals surface area contributed by atoms with Crippen LogP contribution in [0.5, 0.6) is 11.5 Å². The molecule has 0 radical (unpaired) electrons. The first-order chi connectivity index (χ1) is 17.2. The van der Waals surface area contributed by atoms with Crippen LogP contribution in [0.4, 0.5) is 0 Å². The first-order valence-electron chi connectivity index (χ1n) is 12.0. The van der Waals surface area contributed by atoms with Crippen LogP contribution in [0.2, 0.25) is 10.0 Å². The summed E-state index contributed by atoms with van der Waals surface area (Å²) < 4.78 is 40.9. The van der Waals surface area contributed by atoms with Gasteiger partial charge in [0.05, 0.1) is 33.5 Å². The fraction of sp³-hybridized carbons (Fsp3) is 0.519. The SMILES string of the molecule is CC(=O)O[C@H](CCl)COc1c(Cl)cc(C(C)(C)c2ccc(OC[C@H](C)CS(=O)(=O)C(C)C)cc2)cc1Cl.S.S. The van der Waals surface area contributed by atoms with Gasteiger partial charge in [0.25, 0.3) is 0 Å². The number of hydrogen-bond acceptors (Lipinski definition) is 6. The fourth-order valence-electron chi connectivity index (χ4n) is 3.59. The van der Waals surface area contributed by atoms with Gasteiger partial charge in [0.1, 0.15) is 18.5 Å². The molecule has 2 aromatic rings. The highest BCUT2D eigenvalue weighted by atomic mass is 35.5. The highest BCUT2D eigenvalue weighted by molar-refractivity contribution is 7.91. The second kappa shape index (κ2) is 16.5. The van der Waals surface area contributed by atoms with Gasteiger partial charge in [0.2, 0.25) is 0 Å². The number of esters is 1. The topological polar surface area (TPSA) is 78.9 Å². The largest absolute Gasteiger partial charge is 0.493 e.